The van der Waals surface area contributed by atoms with Crippen molar-refractivity contribution in [1.29, 1.82) is 0 Å². The van der Waals surface area contributed by atoms with Crippen LogP contribution < -0.4 is 9.47 Å². The van der Waals surface area contributed by atoms with E-state index in [2.05, 4.69) is 4.74 Å². The van der Waals surface area contributed by atoms with Crippen molar-refractivity contribution in [2.75, 3.05) is 20.8 Å². The van der Waals surface area contributed by atoms with E-state index in [-0.39, 0.29) is 12.2 Å². The Morgan fingerprint density at radius 2 is 1.85 bits per heavy atom. The van der Waals surface area contributed by atoms with Gasteiger partial charge in [-0.1, -0.05) is 0 Å². The normalized spacial score (nSPS) is 10.8. The molecule has 110 valence electrons. The average molecular weight is 282 g/mol. The number of carbonyl (C=O) groups excluding carboxylic acids is 1. The Labute approximate surface area is 117 Å². The largest absolute Gasteiger partial charge is 0.493 e. The number of ether oxygens (including phenoxy) is 3. The Kier molecular flexibility index (Phi) is 4.96. The maximum Gasteiger partial charge on any atom is 0.335 e. The number of rotatable bonds is 6. The lowest BCUT2D eigenvalue weighted by Gasteiger charge is -2.22. The first kappa shape index (κ1) is 15.8. The molecule has 0 fully saturated rings. The van der Waals surface area contributed by atoms with Crippen molar-refractivity contribution < 1.29 is 28.9 Å². The predicted octanol–water partition coefficient (Wildman–Crippen LogP) is 1.97. The lowest BCUT2D eigenvalue weighted by Crippen LogP contribution is -2.32. The number of benzene rings is 1. The molecule has 0 unspecified atom stereocenters. The minimum atomic E-state index is -1.05. The van der Waals surface area contributed by atoms with Crippen LogP contribution in [0.1, 0.15) is 24.2 Å². The molecule has 1 rings (SSSR count). The van der Waals surface area contributed by atoms with Crippen LogP contribution in [0.3, 0.4) is 0 Å². The maximum absolute atomic E-state index is 11.5. The van der Waals surface area contributed by atoms with Gasteiger partial charge in [-0.25, -0.2) is 4.79 Å². The number of esters is 1. The van der Waals surface area contributed by atoms with Gasteiger partial charge < -0.3 is 19.3 Å². The Bertz CT molecular complexity index is 506. The number of hydrogen-bond donors (Lipinski definition) is 1. The number of aromatic carboxylic acids is 1. The summed E-state index contributed by atoms with van der Waals surface area (Å²) in [7, 11) is 2.73. The van der Waals surface area contributed by atoms with Gasteiger partial charge in [0.1, 0.15) is 6.61 Å². The molecule has 1 N–H and O–H groups in total. The first-order valence-electron chi connectivity index (χ1n) is 5.94. The molecule has 0 aliphatic heterocycles. The van der Waals surface area contributed by atoms with E-state index in [4.69, 9.17) is 14.6 Å². The van der Waals surface area contributed by atoms with E-state index < -0.39 is 17.4 Å². The van der Waals surface area contributed by atoms with Gasteiger partial charge in [0.15, 0.2) is 11.5 Å². The van der Waals surface area contributed by atoms with Crippen molar-refractivity contribution in [2.45, 2.75) is 13.8 Å². The molecule has 0 radical (unpaired) electrons. The highest BCUT2D eigenvalue weighted by Gasteiger charge is 2.30. The monoisotopic (exact) mass is 282 g/mol. The number of carboxylic acid groups (broad SMARTS) is 1. The molecule has 0 bridgehead atoms. The third-order valence-electron chi connectivity index (χ3n) is 2.74. The van der Waals surface area contributed by atoms with Crippen LogP contribution in [0.25, 0.3) is 0 Å². The third kappa shape index (κ3) is 3.63. The van der Waals surface area contributed by atoms with Gasteiger partial charge in [-0.3, -0.25) is 4.79 Å². The van der Waals surface area contributed by atoms with Gasteiger partial charge in [0.2, 0.25) is 0 Å². The van der Waals surface area contributed by atoms with E-state index in [0.29, 0.717) is 11.5 Å². The first-order chi connectivity index (χ1) is 9.31. The van der Waals surface area contributed by atoms with E-state index in [1.54, 1.807) is 13.8 Å². The van der Waals surface area contributed by atoms with Gasteiger partial charge in [-0.2, -0.15) is 0 Å². The second-order valence-corrected chi connectivity index (χ2v) is 4.83. The van der Waals surface area contributed by atoms with Crippen LogP contribution in [-0.2, 0) is 9.53 Å². The standard InChI is InChI=1S/C14H18O6/c1-14(2,13(17)19-4)8-20-10-6-5-9(12(15)16)7-11(10)18-3/h5-7H,8H2,1-4H3,(H,15,16). The molecule has 0 aliphatic rings. The zero-order valence-electron chi connectivity index (χ0n) is 11.9. The minimum absolute atomic E-state index is 0.0858. The summed E-state index contributed by atoms with van der Waals surface area (Å²) in [5.41, 5.74) is -0.716. The van der Waals surface area contributed by atoms with E-state index >= 15 is 0 Å². The van der Waals surface area contributed by atoms with Gasteiger partial charge in [-0.05, 0) is 32.0 Å². The Morgan fingerprint density at radius 3 is 2.35 bits per heavy atom. The summed E-state index contributed by atoms with van der Waals surface area (Å²) < 4.78 is 15.3. The smallest absolute Gasteiger partial charge is 0.335 e. The van der Waals surface area contributed by atoms with Crippen molar-refractivity contribution in [3.8, 4) is 11.5 Å². The quantitative estimate of drug-likeness (QED) is 0.803. The zero-order valence-corrected chi connectivity index (χ0v) is 11.9. The zero-order chi connectivity index (χ0) is 15.3. The van der Waals surface area contributed by atoms with Gasteiger partial charge >= 0.3 is 11.9 Å². The molecule has 0 atom stereocenters. The van der Waals surface area contributed by atoms with Gasteiger partial charge in [0.05, 0.1) is 25.2 Å². The first-order valence-corrected chi connectivity index (χ1v) is 5.94. The fourth-order valence-electron chi connectivity index (χ4n) is 1.51. The molecule has 1 aromatic carbocycles. The van der Waals surface area contributed by atoms with Crippen LogP contribution >= 0.6 is 0 Å². The topological polar surface area (TPSA) is 82.1 Å². The summed E-state index contributed by atoms with van der Waals surface area (Å²) in [6, 6.07) is 4.27. The molecular weight excluding hydrogens is 264 g/mol. The van der Waals surface area contributed by atoms with Crippen molar-refractivity contribution >= 4 is 11.9 Å². The SMILES string of the molecule is COC(=O)C(C)(C)COc1ccc(C(=O)O)cc1OC. The van der Waals surface area contributed by atoms with Crippen molar-refractivity contribution in [3.05, 3.63) is 23.8 Å². The molecule has 20 heavy (non-hydrogen) atoms. The van der Waals surface area contributed by atoms with Crippen LogP contribution in [0.5, 0.6) is 11.5 Å². The van der Waals surface area contributed by atoms with E-state index in [1.165, 1.54) is 32.4 Å². The summed E-state index contributed by atoms with van der Waals surface area (Å²) in [4.78, 5) is 22.4. The molecule has 0 saturated heterocycles. The van der Waals surface area contributed by atoms with E-state index in [1.807, 2.05) is 0 Å². The molecule has 6 nitrogen and oxygen atoms in total. The van der Waals surface area contributed by atoms with Gasteiger partial charge in [0.25, 0.3) is 0 Å². The fourth-order valence-corrected chi connectivity index (χ4v) is 1.51. The third-order valence-corrected chi connectivity index (χ3v) is 2.74. The van der Waals surface area contributed by atoms with Gasteiger partial charge in [0, 0.05) is 0 Å². The molecular formula is C14H18O6. The van der Waals surface area contributed by atoms with Crippen LogP contribution in [0.4, 0.5) is 0 Å². The fraction of sp³-hybridized carbons (Fsp3) is 0.429. The van der Waals surface area contributed by atoms with Crippen molar-refractivity contribution in [1.82, 2.24) is 0 Å². The summed E-state index contributed by atoms with van der Waals surface area (Å²) in [5, 5.41) is 8.90. The molecule has 0 heterocycles. The highest BCUT2D eigenvalue weighted by atomic mass is 16.5. The van der Waals surface area contributed by atoms with Crippen LogP contribution in [-0.4, -0.2) is 37.9 Å². The maximum atomic E-state index is 11.5. The number of methoxy groups -OCH3 is 2. The molecule has 0 aliphatic carbocycles. The van der Waals surface area contributed by atoms with E-state index in [9.17, 15) is 9.59 Å². The highest BCUT2D eigenvalue weighted by molar-refractivity contribution is 5.88. The molecule has 1 aromatic rings. The Balaban J connectivity index is 2.88. The van der Waals surface area contributed by atoms with Crippen molar-refractivity contribution in [3.63, 3.8) is 0 Å². The summed E-state index contributed by atoms with van der Waals surface area (Å²) in [5.74, 6) is -0.775. The molecule has 0 aromatic heterocycles. The molecule has 0 amide bonds. The number of hydrogen-bond acceptors (Lipinski definition) is 5. The Hall–Kier alpha value is -2.24. The summed E-state index contributed by atoms with van der Waals surface area (Å²) >= 11 is 0. The molecule has 0 saturated carbocycles. The number of carbonyl (C=O) groups is 2. The van der Waals surface area contributed by atoms with Crippen LogP contribution in [0.15, 0.2) is 18.2 Å². The van der Waals surface area contributed by atoms with Crippen LogP contribution in [0.2, 0.25) is 0 Å². The lowest BCUT2D eigenvalue weighted by atomic mass is 9.95. The number of carboxylic acids is 1. The second-order valence-electron chi connectivity index (χ2n) is 4.83. The second kappa shape index (κ2) is 6.27. The highest BCUT2D eigenvalue weighted by Crippen LogP contribution is 2.30. The lowest BCUT2D eigenvalue weighted by molar-refractivity contribution is -0.152. The predicted molar refractivity (Wildman–Crippen MR) is 71.2 cm³/mol. The Morgan fingerprint density at radius 1 is 1.20 bits per heavy atom. The molecule has 0 spiro atoms. The van der Waals surface area contributed by atoms with E-state index in [0.717, 1.165) is 0 Å². The summed E-state index contributed by atoms with van der Waals surface area (Å²) in [6.45, 7) is 3.47. The average Bonchev–Trinajstić information content (AvgIpc) is 2.43. The van der Waals surface area contributed by atoms with Crippen molar-refractivity contribution in [2.24, 2.45) is 5.41 Å². The summed E-state index contributed by atoms with van der Waals surface area (Å²) in [6.07, 6.45) is 0. The molecule has 6 heteroatoms. The van der Waals surface area contributed by atoms with Gasteiger partial charge in [-0.15, -0.1) is 0 Å². The van der Waals surface area contributed by atoms with Crippen LogP contribution in [0, 0.1) is 5.41 Å². The minimum Gasteiger partial charge on any atom is -0.493 e.